The summed E-state index contributed by atoms with van der Waals surface area (Å²) in [6.07, 6.45) is 0. The van der Waals surface area contributed by atoms with Crippen LogP contribution >= 0.6 is 0 Å². The van der Waals surface area contributed by atoms with Crippen LogP contribution in [0.25, 0.3) is 22.4 Å². The van der Waals surface area contributed by atoms with Gasteiger partial charge in [-0.1, -0.05) is 12.1 Å². The fourth-order valence-electron chi connectivity index (χ4n) is 2.35. The Morgan fingerprint density at radius 3 is 2.53 bits per heavy atom. The first-order valence-electron chi connectivity index (χ1n) is 6.36. The first-order chi connectivity index (χ1) is 9.06. The van der Waals surface area contributed by atoms with E-state index in [0.717, 1.165) is 28.1 Å². The van der Waals surface area contributed by atoms with E-state index in [1.54, 1.807) is 0 Å². The fourth-order valence-corrected chi connectivity index (χ4v) is 2.35. The van der Waals surface area contributed by atoms with Gasteiger partial charge in [-0.15, -0.1) is 0 Å². The van der Waals surface area contributed by atoms with Crippen LogP contribution in [0.4, 0.5) is 5.69 Å². The van der Waals surface area contributed by atoms with Crippen molar-refractivity contribution >= 4 is 16.7 Å². The molecule has 3 aromatic rings. The predicted molar refractivity (Wildman–Crippen MR) is 80.0 cm³/mol. The smallest absolute Gasteiger partial charge is 0.140 e. The maximum Gasteiger partial charge on any atom is 0.140 e. The lowest BCUT2D eigenvalue weighted by Crippen LogP contribution is -1.94. The summed E-state index contributed by atoms with van der Waals surface area (Å²) in [5, 5.41) is 0. The Labute approximate surface area is 112 Å². The van der Waals surface area contributed by atoms with Gasteiger partial charge in [-0.05, 0) is 49.2 Å². The summed E-state index contributed by atoms with van der Waals surface area (Å²) in [6, 6.07) is 12.3. The Morgan fingerprint density at radius 1 is 1.00 bits per heavy atom. The van der Waals surface area contributed by atoms with Gasteiger partial charge in [-0.2, -0.15) is 0 Å². The molecule has 0 saturated heterocycles. The molecule has 96 valence electrons. The van der Waals surface area contributed by atoms with Crippen molar-refractivity contribution in [2.75, 3.05) is 5.73 Å². The van der Waals surface area contributed by atoms with Crippen molar-refractivity contribution in [1.82, 2.24) is 9.55 Å². The quantitative estimate of drug-likeness (QED) is 0.673. The molecule has 2 aromatic carbocycles. The van der Waals surface area contributed by atoms with Crippen LogP contribution in [0.3, 0.4) is 0 Å². The molecule has 2 N–H and O–H groups in total. The molecule has 1 aromatic heterocycles. The van der Waals surface area contributed by atoms with E-state index in [0.29, 0.717) is 0 Å². The average molecular weight is 251 g/mol. The van der Waals surface area contributed by atoms with Crippen molar-refractivity contribution in [3.05, 3.63) is 47.5 Å². The second-order valence-electron chi connectivity index (χ2n) is 5.04. The molecule has 3 rings (SSSR count). The number of benzene rings is 2. The van der Waals surface area contributed by atoms with Crippen molar-refractivity contribution in [3.63, 3.8) is 0 Å². The summed E-state index contributed by atoms with van der Waals surface area (Å²) >= 11 is 0. The summed E-state index contributed by atoms with van der Waals surface area (Å²) in [5.74, 6) is 0.976. The number of hydrogen-bond acceptors (Lipinski definition) is 2. The monoisotopic (exact) mass is 251 g/mol. The number of fused-ring (bicyclic) bond motifs is 1. The van der Waals surface area contributed by atoms with Gasteiger partial charge in [0.15, 0.2) is 0 Å². The molecule has 0 radical (unpaired) electrons. The lowest BCUT2D eigenvalue weighted by atomic mass is 10.1. The summed E-state index contributed by atoms with van der Waals surface area (Å²) in [7, 11) is 2.03. The minimum absolute atomic E-state index is 0.766. The Balaban J connectivity index is 2.24. The number of rotatable bonds is 1. The maximum atomic E-state index is 5.84. The zero-order chi connectivity index (χ0) is 13.6. The molecule has 19 heavy (non-hydrogen) atoms. The molecule has 0 fully saturated rings. The molecular formula is C16H17N3. The highest BCUT2D eigenvalue weighted by molar-refractivity contribution is 5.83. The van der Waals surface area contributed by atoms with E-state index in [1.165, 1.54) is 11.1 Å². The molecule has 0 spiro atoms. The number of anilines is 1. The highest BCUT2D eigenvalue weighted by Gasteiger charge is 2.10. The van der Waals surface area contributed by atoms with Gasteiger partial charge in [-0.3, -0.25) is 0 Å². The van der Waals surface area contributed by atoms with Crippen molar-refractivity contribution in [3.8, 4) is 11.4 Å². The van der Waals surface area contributed by atoms with Crippen LogP contribution in [0.5, 0.6) is 0 Å². The van der Waals surface area contributed by atoms with Crippen molar-refractivity contribution in [2.24, 2.45) is 7.05 Å². The largest absolute Gasteiger partial charge is 0.399 e. The summed E-state index contributed by atoms with van der Waals surface area (Å²) in [5.41, 5.74) is 12.4. The van der Waals surface area contributed by atoms with Crippen LogP contribution in [0.15, 0.2) is 36.4 Å². The SMILES string of the molecule is Cc1ccc(-c2nc3ccc(N)cc3n2C)cc1C. The van der Waals surface area contributed by atoms with Crippen LogP contribution in [0.2, 0.25) is 0 Å². The fraction of sp³-hybridized carbons (Fsp3) is 0.188. The van der Waals surface area contributed by atoms with E-state index in [1.807, 2.05) is 25.2 Å². The summed E-state index contributed by atoms with van der Waals surface area (Å²) < 4.78 is 2.09. The van der Waals surface area contributed by atoms with Crippen molar-refractivity contribution in [1.29, 1.82) is 0 Å². The molecule has 0 saturated carbocycles. The Bertz CT molecular complexity index is 769. The van der Waals surface area contributed by atoms with E-state index < -0.39 is 0 Å². The van der Waals surface area contributed by atoms with Gasteiger partial charge in [0.25, 0.3) is 0 Å². The van der Waals surface area contributed by atoms with Gasteiger partial charge in [-0.25, -0.2) is 4.98 Å². The van der Waals surface area contributed by atoms with Gasteiger partial charge in [0, 0.05) is 18.3 Å². The van der Waals surface area contributed by atoms with Gasteiger partial charge in [0.1, 0.15) is 5.82 Å². The summed E-state index contributed by atoms with van der Waals surface area (Å²) in [4.78, 5) is 4.70. The third-order valence-electron chi connectivity index (χ3n) is 3.67. The third kappa shape index (κ3) is 1.87. The average Bonchev–Trinajstić information content (AvgIpc) is 2.70. The predicted octanol–water partition coefficient (Wildman–Crippen LogP) is 3.44. The number of nitrogens with two attached hydrogens (primary N) is 1. The first kappa shape index (κ1) is 11.8. The van der Waals surface area contributed by atoms with Crippen LogP contribution in [0, 0.1) is 13.8 Å². The molecule has 1 heterocycles. The van der Waals surface area contributed by atoms with E-state index in [2.05, 4.69) is 36.6 Å². The lowest BCUT2D eigenvalue weighted by molar-refractivity contribution is 0.959. The minimum atomic E-state index is 0.766. The standard InChI is InChI=1S/C16H17N3/c1-10-4-5-12(8-11(10)2)16-18-14-7-6-13(17)9-15(14)19(16)3/h4-9H,17H2,1-3H3. The molecule has 0 amide bonds. The highest BCUT2D eigenvalue weighted by Crippen LogP contribution is 2.26. The second-order valence-corrected chi connectivity index (χ2v) is 5.04. The van der Waals surface area contributed by atoms with Gasteiger partial charge in [0.2, 0.25) is 0 Å². The van der Waals surface area contributed by atoms with Gasteiger partial charge < -0.3 is 10.3 Å². The normalized spacial score (nSPS) is 11.1. The molecule has 0 aliphatic rings. The molecule has 0 aliphatic carbocycles. The van der Waals surface area contributed by atoms with Crippen LogP contribution in [-0.2, 0) is 7.05 Å². The number of hydrogen-bond donors (Lipinski definition) is 1. The number of aryl methyl sites for hydroxylation is 3. The van der Waals surface area contributed by atoms with E-state index in [-0.39, 0.29) is 0 Å². The van der Waals surface area contributed by atoms with Gasteiger partial charge >= 0.3 is 0 Å². The lowest BCUT2D eigenvalue weighted by Gasteiger charge is -2.05. The zero-order valence-corrected chi connectivity index (χ0v) is 11.4. The molecule has 3 heteroatoms. The molecule has 0 unspecified atom stereocenters. The number of imidazole rings is 1. The van der Waals surface area contributed by atoms with Crippen LogP contribution in [0.1, 0.15) is 11.1 Å². The highest BCUT2D eigenvalue weighted by atomic mass is 15.1. The Hall–Kier alpha value is -2.29. The van der Waals surface area contributed by atoms with Crippen molar-refractivity contribution in [2.45, 2.75) is 13.8 Å². The number of nitrogen functional groups attached to an aromatic ring is 1. The van der Waals surface area contributed by atoms with Crippen molar-refractivity contribution < 1.29 is 0 Å². The molecular weight excluding hydrogens is 234 g/mol. The molecule has 3 nitrogen and oxygen atoms in total. The van der Waals surface area contributed by atoms with E-state index >= 15 is 0 Å². The Kier molecular flexibility index (Phi) is 2.56. The summed E-state index contributed by atoms with van der Waals surface area (Å²) in [6.45, 7) is 4.24. The van der Waals surface area contributed by atoms with Crippen LogP contribution < -0.4 is 5.73 Å². The minimum Gasteiger partial charge on any atom is -0.399 e. The zero-order valence-electron chi connectivity index (χ0n) is 11.4. The van der Waals surface area contributed by atoms with E-state index in [9.17, 15) is 0 Å². The number of nitrogens with zero attached hydrogens (tertiary/aromatic N) is 2. The second kappa shape index (κ2) is 4.12. The van der Waals surface area contributed by atoms with Gasteiger partial charge in [0.05, 0.1) is 11.0 Å². The molecule has 0 aliphatic heterocycles. The van der Waals surface area contributed by atoms with E-state index in [4.69, 9.17) is 10.7 Å². The maximum absolute atomic E-state index is 5.84. The third-order valence-corrected chi connectivity index (χ3v) is 3.67. The first-order valence-corrected chi connectivity index (χ1v) is 6.36. The Morgan fingerprint density at radius 2 is 1.79 bits per heavy atom. The van der Waals surface area contributed by atoms with Crippen LogP contribution in [-0.4, -0.2) is 9.55 Å². The molecule has 0 bridgehead atoms. The number of aromatic nitrogens is 2. The molecule has 0 atom stereocenters. The topological polar surface area (TPSA) is 43.8 Å².